The first-order valence-electron chi connectivity index (χ1n) is 4.98. The van der Waals surface area contributed by atoms with Crippen molar-refractivity contribution >= 4 is 12.3 Å². The van der Waals surface area contributed by atoms with Crippen molar-refractivity contribution in [3.05, 3.63) is 42.2 Å². The van der Waals surface area contributed by atoms with Gasteiger partial charge in [0.1, 0.15) is 11.5 Å². The van der Waals surface area contributed by atoms with E-state index in [-0.39, 0.29) is 0 Å². The summed E-state index contributed by atoms with van der Waals surface area (Å²) in [4.78, 5) is 0. The van der Waals surface area contributed by atoms with Crippen molar-refractivity contribution < 1.29 is 8.37 Å². The van der Waals surface area contributed by atoms with Crippen LogP contribution in [0.15, 0.2) is 36.6 Å². The van der Waals surface area contributed by atoms with E-state index >= 15 is 0 Å². The normalized spacial score (nSPS) is 9.73. The van der Waals surface area contributed by atoms with Crippen LogP contribution in [-0.4, -0.2) is 0 Å². The van der Waals surface area contributed by atoms with Gasteiger partial charge in [-0.2, -0.15) is 0 Å². The molecule has 0 radical (unpaired) electrons. The molecule has 15 heavy (non-hydrogen) atoms. The van der Waals surface area contributed by atoms with Crippen LogP contribution in [0.25, 0.3) is 0 Å². The minimum atomic E-state index is 0.745. The highest BCUT2D eigenvalue weighted by molar-refractivity contribution is 7.90. The van der Waals surface area contributed by atoms with E-state index in [2.05, 4.69) is 13.5 Å². The summed E-state index contributed by atoms with van der Waals surface area (Å²) < 4.78 is 10.5. The third-order valence-corrected chi connectivity index (χ3v) is 2.40. The lowest BCUT2D eigenvalue weighted by atomic mass is 10.2. The van der Waals surface area contributed by atoms with Crippen LogP contribution in [0.2, 0.25) is 0 Å². The summed E-state index contributed by atoms with van der Waals surface area (Å²) in [7, 11) is 0. The number of allylic oxidation sites excluding steroid dienone is 1. The molecule has 0 heterocycles. The summed E-state index contributed by atoms with van der Waals surface area (Å²) in [5, 5.41) is 0. The summed E-state index contributed by atoms with van der Waals surface area (Å²) in [5.74, 6) is 1.53. The highest BCUT2D eigenvalue weighted by atomic mass is 32.2. The molecule has 0 aliphatic rings. The highest BCUT2D eigenvalue weighted by Crippen LogP contribution is 2.20. The summed E-state index contributed by atoms with van der Waals surface area (Å²) in [6.45, 7) is 7.89. The number of hydrogen-bond donors (Lipinski definition) is 0. The van der Waals surface area contributed by atoms with Gasteiger partial charge in [-0.25, -0.2) is 0 Å². The maximum atomic E-state index is 5.31. The summed E-state index contributed by atoms with van der Waals surface area (Å²) in [6.07, 6.45) is 1.90. The predicted octanol–water partition coefficient (Wildman–Crippen LogP) is 4.27. The molecule has 0 spiro atoms. The Morgan fingerprint density at radius 1 is 1.33 bits per heavy atom. The van der Waals surface area contributed by atoms with Crippen molar-refractivity contribution in [2.45, 2.75) is 26.7 Å². The molecule has 0 unspecified atom stereocenters. The van der Waals surface area contributed by atoms with E-state index in [4.69, 9.17) is 8.37 Å². The van der Waals surface area contributed by atoms with Crippen LogP contribution in [0.1, 0.15) is 25.3 Å². The van der Waals surface area contributed by atoms with E-state index in [0.717, 1.165) is 36.7 Å². The van der Waals surface area contributed by atoms with E-state index in [1.54, 1.807) is 0 Å². The predicted molar refractivity (Wildman–Crippen MR) is 64.5 cm³/mol. The van der Waals surface area contributed by atoms with E-state index in [1.807, 2.05) is 31.2 Å². The van der Waals surface area contributed by atoms with E-state index < -0.39 is 0 Å². The highest BCUT2D eigenvalue weighted by Gasteiger charge is 1.98. The van der Waals surface area contributed by atoms with Crippen molar-refractivity contribution in [1.29, 1.82) is 0 Å². The van der Waals surface area contributed by atoms with Gasteiger partial charge in [0.05, 0.1) is 0 Å². The van der Waals surface area contributed by atoms with Crippen molar-refractivity contribution in [2.24, 2.45) is 0 Å². The fraction of sp³-hybridized carbons (Fsp3) is 0.333. The molecule has 0 atom stereocenters. The smallest absolute Gasteiger partial charge is 0.293 e. The van der Waals surface area contributed by atoms with Crippen molar-refractivity contribution in [3.8, 4) is 5.75 Å². The van der Waals surface area contributed by atoms with Crippen LogP contribution in [-0.2, 0) is 4.18 Å². The maximum absolute atomic E-state index is 5.31. The monoisotopic (exact) mass is 224 g/mol. The standard InChI is InChI=1S/C12H16O2S/c1-4-5-11(3)13-15-14-12-8-6-10(2)7-9-12/h6-9H,3-5H2,1-2H3. The van der Waals surface area contributed by atoms with Gasteiger partial charge in [0.15, 0.2) is 0 Å². The second-order valence-corrected chi connectivity index (χ2v) is 3.81. The molecule has 0 saturated heterocycles. The fourth-order valence-electron chi connectivity index (χ4n) is 1.02. The van der Waals surface area contributed by atoms with Gasteiger partial charge >= 0.3 is 0 Å². The number of benzene rings is 1. The summed E-state index contributed by atoms with van der Waals surface area (Å²) in [5.41, 5.74) is 1.21. The first-order chi connectivity index (χ1) is 7.22. The number of hydrogen-bond acceptors (Lipinski definition) is 3. The van der Waals surface area contributed by atoms with Crippen LogP contribution in [0.5, 0.6) is 5.75 Å². The lowest BCUT2D eigenvalue weighted by molar-refractivity contribution is 0.428. The van der Waals surface area contributed by atoms with Crippen LogP contribution < -0.4 is 4.18 Å². The Hall–Kier alpha value is -1.09. The lowest BCUT2D eigenvalue weighted by Gasteiger charge is -2.05. The molecular weight excluding hydrogens is 208 g/mol. The summed E-state index contributed by atoms with van der Waals surface area (Å²) >= 11 is 0.961. The Morgan fingerprint density at radius 3 is 2.60 bits per heavy atom. The van der Waals surface area contributed by atoms with Gasteiger partial charge in [-0.05, 0) is 25.5 Å². The zero-order valence-electron chi connectivity index (χ0n) is 9.16. The second kappa shape index (κ2) is 6.40. The zero-order valence-corrected chi connectivity index (χ0v) is 9.97. The fourth-order valence-corrected chi connectivity index (χ4v) is 1.42. The number of aryl methyl sites for hydroxylation is 1. The maximum Gasteiger partial charge on any atom is 0.293 e. The zero-order chi connectivity index (χ0) is 11.1. The quantitative estimate of drug-likeness (QED) is 0.531. The molecule has 1 rings (SSSR count). The molecule has 0 saturated carbocycles. The Morgan fingerprint density at radius 2 is 2.00 bits per heavy atom. The van der Waals surface area contributed by atoms with Gasteiger partial charge in [0.2, 0.25) is 0 Å². The van der Waals surface area contributed by atoms with Gasteiger partial charge in [-0.15, -0.1) is 0 Å². The van der Waals surface area contributed by atoms with Crippen LogP contribution >= 0.6 is 12.3 Å². The lowest BCUT2D eigenvalue weighted by Crippen LogP contribution is -1.86. The SMILES string of the molecule is C=C(CCC)OSOc1ccc(C)cc1. The minimum Gasteiger partial charge on any atom is -0.396 e. The van der Waals surface area contributed by atoms with Gasteiger partial charge in [-0.1, -0.05) is 31.2 Å². The molecule has 3 heteroatoms. The van der Waals surface area contributed by atoms with Crippen molar-refractivity contribution in [3.63, 3.8) is 0 Å². The molecule has 1 aromatic carbocycles. The van der Waals surface area contributed by atoms with Gasteiger partial charge in [0.25, 0.3) is 12.3 Å². The van der Waals surface area contributed by atoms with Crippen LogP contribution in [0.4, 0.5) is 0 Å². The van der Waals surface area contributed by atoms with E-state index in [9.17, 15) is 0 Å². The Kier molecular flexibility index (Phi) is 5.12. The third-order valence-electron chi connectivity index (χ3n) is 1.83. The van der Waals surface area contributed by atoms with Gasteiger partial charge in [-0.3, -0.25) is 0 Å². The first kappa shape index (κ1) is 12.0. The Balaban J connectivity index is 2.26. The average Bonchev–Trinajstić information content (AvgIpc) is 2.21. The molecule has 0 N–H and O–H groups in total. The second-order valence-electron chi connectivity index (χ2n) is 3.34. The van der Waals surface area contributed by atoms with Gasteiger partial charge < -0.3 is 8.37 Å². The molecule has 0 amide bonds. The first-order valence-corrected chi connectivity index (χ1v) is 5.64. The van der Waals surface area contributed by atoms with E-state index in [0.29, 0.717) is 0 Å². The molecular formula is C12H16O2S. The van der Waals surface area contributed by atoms with Crippen molar-refractivity contribution in [1.82, 2.24) is 0 Å². The minimum absolute atomic E-state index is 0.745. The average molecular weight is 224 g/mol. The molecule has 2 nitrogen and oxygen atoms in total. The topological polar surface area (TPSA) is 18.5 Å². The van der Waals surface area contributed by atoms with Crippen molar-refractivity contribution in [2.75, 3.05) is 0 Å². The number of rotatable bonds is 6. The molecule has 0 aliphatic carbocycles. The molecule has 1 aromatic rings. The molecule has 0 aliphatic heterocycles. The van der Waals surface area contributed by atoms with E-state index in [1.165, 1.54) is 5.56 Å². The molecule has 0 fully saturated rings. The van der Waals surface area contributed by atoms with Gasteiger partial charge in [0, 0.05) is 6.42 Å². The summed E-state index contributed by atoms with van der Waals surface area (Å²) in [6, 6.07) is 7.82. The third kappa shape index (κ3) is 4.79. The Bertz CT molecular complexity index is 306. The molecule has 0 aromatic heterocycles. The molecule has 82 valence electrons. The Labute approximate surface area is 95.7 Å². The van der Waals surface area contributed by atoms with Crippen LogP contribution in [0, 0.1) is 6.92 Å². The molecule has 0 bridgehead atoms. The van der Waals surface area contributed by atoms with Crippen LogP contribution in [0.3, 0.4) is 0 Å². The largest absolute Gasteiger partial charge is 0.396 e.